The molecule has 0 bridgehead atoms. The summed E-state index contributed by atoms with van der Waals surface area (Å²) in [5, 5.41) is 11.1. The smallest absolute Gasteiger partial charge is 0.240 e. The molecule has 0 aliphatic heterocycles. The molecule has 152 valence electrons. The Morgan fingerprint density at radius 1 is 1.25 bits per heavy atom. The van der Waals surface area contributed by atoms with E-state index in [4.69, 9.17) is 0 Å². The summed E-state index contributed by atoms with van der Waals surface area (Å²) >= 11 is 1.30. The van der Waals surface area contributed by atoms with Crippen molar-refractivity contribution in [2.24, 2.45) is 0 Å². The number of hydrogen-bond acceptors (Lipinski definition) is 6. The molecule has 10 heteroatoms. The number of sulfonamides is 1. The van der Waals surface area contributed by atoms with Gasteiger partial charge in [0.25, 0.3) is 0 Å². The standard InChI is InChI=1S/C18H25N5O3S2/c1-6-11-23-14(5)20-21-18(23)27-13(4)17(24)19-15-7-9-16(10-8-15)28(25,26)22-12(2)3/h6-10,12-13,22H,1,11H2,2-5H3,(H,19,24). The van der Waals surface area contributed by atoms with Gasteiger partial charge >= 0.3 is 0 Å². The third kappa shape index (κ3) is 5.66. The normalized spacial score (nSPS) is 12.8. The second-order valence-electron chi connectivity index (χ2n) is 6.48. The molecular formula is C18H25N5O3S2. The van der Waals surface area contributed by atoms with Crippen molar-refractivity contribution < 1.29 is 13.2 Å². The number of nitrogens with one attached hydrogen (secondary N) is 2. The Morgan fingerprint density at radius 3 is 2.46 bits per heavy atom. The molecule has 0 radical (unpaired) electrons. The van der Waals surface area contributed by atoms with Crippen molar-refractivity contribution >= 4 is 33.4 Å². The summed E-state index contributed by atoms with van der Waals surface area (Å²) in [6, 6.07) is 5.85. The van der Waals surface area contributed by atoms with Crippen molar-refractivity contribution in [1.82, 2.24) is 19.5 Å². The van der Waals surface area contributed by atoms with Gasteiger partial charge in [-0.3, -0.25) is 4.79 Å². The van der Waals surface area contributed by atoms with Gasteiger partial charge in [-0.05, 0) is 52.0 Å². The number of amides is 1. The van der Waals surface area contributed by atoms with E-state index in [1.165, 1.54) is 23.9 Å². The van der Waals surface area contributed by atoms with E-state index in [2.05, 4.69) is 26.8 Å². The van der Waals surface area contributed by atoms with Crippen LogP contribution in [0.2, 0.25) is 0 Å². The van der Waals surface area contributed by atoms with Gasteiger partial charge < -0.3 is 9.88 Å². The molecule has 1 unspecified atom stereocenters. The van der Waals surface area contributed by atoms with Gasteiger partial charge in [-0.15, -0.1) is 16.8 Å². The number of carbonyl (C=O) groups excluding carboxylic acids is 1. The monoisotopic (exact) mass is 423 g/mol. The zero-order valence-corrected chi connectivity index (χ0v) is 18.0. The van der Waals surface area contributed by atoms with Gasteiger partial charge in [0.1, 0.15) is 5.82 Å². The van der Waals surface area contributed by atoms with Gasteiger partial charge in [-0.1, -0.05) is 17.8 Å². The van der Waals surface area contributed by atoms with Crippen LogP contribution < -0.4 is 10.0 Å². The summed E-state index contributed by atoms with van der Waals surface area (Å²) in [5.74, 6) is 0.536. The highest BCUT2D eigenvalue weighted by Gasteiger charge is 2.20. The summed E-state index contributed by atoms with van der Waals surface area (Å²) in [6.07, 6.45) is 1.74. The maximum Gasteiger partial charge on any atom is 0.240 e. The van der Waals surface area contributed by atoms with E-state index in [9.17, 15) is 13.2 Å². The fourth-order valence-electron chi connectivity index (χ4n) is 2.34. The quantitative estimate of drug-likeness (QED) is 0.474. The Labute approximate surface area is 169 Å². The summed E-state index contributed by atoms with van der Waals surface area (Å²) in [5.41, 5.74) is 0.518. The van der Waals surface area contributed by atoms with E-state index < -0.39 is 15.3 Å². The minimum absolute atomic E-state index is 0.148. The Bertz CT molecular complexity index is 937. The number of nitrogens with zero attached hydrogens (tertiary/aromatic N) is 3. The first kappa shape index (κ1) is 22.1. The number of hydrogen-bond donors (Lipinski definition) is 2. The van der Waals surface area contributed by atoms with Crippen LogP contribution in [-0.2, 0) is 21.4 Å². The van der Waals surface area contributed by atoms with Crippen LogP contribution in [0.5, 0.6) is 0 Å². The highest BCUT2D eigenvalue weighted by atomic mass is 32.2. The number of thioether (sulfide) groups is 1. The lowest BCUT2D eigenvalue weighted by atomic mass is 10.3. The average molecular weight is 424 g/mol. The first-order valence-electron chi connectivity index (χ1n) is 8.74. The molecule has 0 fully saturated rings. The summed E-state index contributed by atoms with van der Waals surface area (Å²) in [6.45, 7) is 11.4. The van der Waals surface area contributed by atoms with E-state index in [0.717, 1.165) is 5.82 Å². The largest absolute Gasteiger partial charge is 0.325 e. The number of aromatic nitrogens is 3. The van der Waals surface area contributed by atoms with Crippen molar-refractivity contribution in [3.05, 3.63) is 42.7 Å². The summed E-state index contributed by atoms with van der Waals surface area (Å²) < 4.78 is 28.7. The van der Waals surface area contributed by atoms with Gasteiger partial charge in [0.05, 0.1) is 10.1 Å². The van der Waals surface area contributed by atoms with Gasteiger partial charge in [0.2, 0.25) is 15.9 Å². The van der Waals surface area contributed by atoms with Crippen molar-refractivity contribution in [2.45, 2.75) is 55.6 Å². The minimum Gasteiger partial charge on any atom is -0.325 e. The molecule has 28 heavy (non-hydrogen) atoms. The van der Waals surface area contributed by atoms with Crippen molar-refractivity contribution in [2.75, 3.05) is 5.32 Å². The molecule has 2 aromatic rings. The molecule has 1 aromatic heterocycles. The Kier molecular flexibility index (Phi) is 7.39. The number of benzene rings is 1. The molecule has 0 aliphatic carbocycles. The van der Waals surface area contributed by atoms with Gasteiger partial charge in [0.15, 0.2) is 5.16 Å². The Hall–Kier alpha value is -2.17. The molecule has 1 heterocycles. The van der Waals surface area contributed by atoms with Crippen LogP contribution in [-0.4, -0.2) is 40.4 Å². The van der Waals surface area contributed by atoms with E-state index in [1.54, 1.807) is 39.0 Å². The fraction of sp³-hybridized carbons (Fsp3) is 0.389. The lowest BCUT2D eigenvalue weighted by Gasteiger charge is -2.13. The number of carbonyl (C=O) groups is 1. The van der Waals surface area contributed by atoms with E-state index >= 15 is 0 Å². The third-order valence-corrected chi connectivity index (χ3v) is 6.44. The second kappa shape index (κ2) is 9.35. The van der Waals surface area contributed by atoms with Gasteiger partial charge in [0, 0.05) is 18.3 Å². The van der Waals surface area contributed by atoms with Crippen molar-refractivity contribution in [1.29, 1.82) is 0 Å². The Balaban J connectivity index is 2.03. The molecule has 2 rings (SSSR count). The van der Waals surface area contributed by atoms with Gasteiger partial charge in [-0.25, -0.2) is 13.1 Å². The number of anilines is 1. The minimum atomic E-state index is -3.56. The lowest BCUT2D eigenvalue weighted by Crippen LogP contribution is -2.30. The zero-order valence-electron chi connectivity index (χ0n) is 16.3. The van der Waals surface area contributed by atoms with Crippen LogP contribution in [0, 0.1) is 6.92 Å². The third-order valence-electron chi connectivity index (χ3n) is 3.69. The number of rotatable bonds is 9. The predicted molar refractivity (Wildman–Crippen MR) is 111 cm³/mol. The maximum atomic E-state index is 12.5. The Morgan fingerprint density at radius 2 is 1.89 bits per heavy atom. The average Bonchev–Trinajstić information content (AvgIpc) is 2.95. The van der Waals surface area contributed by atoms with Crippen molar-refractivity contribution in [3.63, 3.8) is 0 Å². The highest BCUT2D eigenvalue weighted by Crippen LogP contribution is 2.24. The molecule has 0 spiro atoms. The molecule has 0 aliphatic rings. The molecule has 8 nitrogen and oxygen atoms in total. The maximum absolute atomic E-state index is 12.5. The van der Waals surface area contributed by atoms with Gasteiger partial charge in [-0.2, -0.15) is 0 Å². The fourth-order valence-corrected chi connectivity index (χ4v) is 4.49. The van der Waals surface area contributed by atoms with Crippen LogP contribution in [0.25, 0.3) is 0 Å². The first-order chi connectivity index (χ1) is 13.1. The van der Waals surface area contributed by atoms with Crippen molar-refractivity contribution in [3.8, 4) is 0 Å². The van der Waals surface area contributed by atoms with Crippen LogP contribution in [0.1, 0.15) is 26.6 Å². The SMILES string of the molecule is C=CCn1c(C)nnc1SC(C)C(=O)Nc1ccc(S(=O)(=O)NC(C)C)cc1. The van der Waals surface area contributed by atoms with Crippen LogP contribution >= 0.6 is 11.8 Å². The van der Waals surface area contributed by atoms with Crippen LogP contribution in [0.15, 0.2) is 47.0 Å². The van der Waals surface area contributed by atoms with E-state index in [-0.39, 0.29) is 16.8 Å². The van der Waals surface area contributed by atoms with Crippen LogP contribution in [0.3, 0.4) is 0 Å². The lowest BCUT2D eigenvalue weighted by molar-refractivity contribution is -0.115. The first-order valence-corrected chi connectivity index (χ1v) is 11.1. The second-order valence-corrected chi connectivity index (χ2v) is 9.50. The van der Waals surface area contributed by atoms with Crippen LogP contribution in [0.4, 0.5) is 5.69 Å². The topological polar surface area (TPSA) is 106 Å². The summed E-state index contributed by atoms with van der Waals surface area (Å²) in [7, 11) is -3.56. The molecule has 0 saturated carbocycles. The number of aryl methyl sites for hydroxylation is 1. The molecule has 1 aromatic carbocycles. The molecular weight excluding hydrogens is 398 g/mol. The van der Waals surface area contributed by atoms with E-state index in [1.807, 2.05) is 11.5 Å². The van der Waals surface area contributed by atoms with E-state index in [0.29, 0.717) is 17.4 Å². The number of allylic oxidation sites excluding steroid dienone is 1. The molecule has 2 N–H and O–H groups in total. The molecule has 1 amide bonds. The highest BCUT2D eigenvalue weighted by molar-refractivity contribution is 8.00. The summed E-state index contributed by atoms with van der Waals surface area (Å²) in [4.78, 5) is 12.6. The molecule has 0 saturated heterocycles. The molecule has 1 atom stereocenters. The predicted octanol–water partition coefficient (Wildman–Crippen LogP) is 2.58. The zero-order chi connectivity index (χ0) is 20.9.